The van der Waals surface area contributed by atoms with Crippen LogP contribution in [-0.2, 0) is 0 Å². The van der Waals surface area contributed by atoms with Crippen LogP contribution < -0.4 is 4.90 Å². The minimum atomic E-state index is 1.07. The van der Waals surface area contributed by atoms with Crippen LogP contribution in [0.1, 0.15) is 12.8 Å². The highest BCUT2D eigenvalue weighted by Crippen LogP contribution is 2.37. The normalized spacial score (nSPS) is 13.8. The Kier molecular flexibility index (Phi) is 4.43. The summed E-state index contributed by atoms with van der Waals surface area (Å²) in [6.07, 6.45) is 9.01. The van der Waals surface area contributed by atoms with Gasteiger partial charge in [0.15, 0.2) is 0 Å². The van der Waals surface area contributed by atoms with E-state index in [1.165, 1.54) is 32.9 Å². The fraction of sp³-hybridized carbons (Fsp3) is 0.0714. The molecule has 1 aliphatic carbocycles. The number of aromatic amines is 1. The topological polar surface area (TPSA) is 19.0 Å². The van der Waals surface area contributed by atoms with Gasteiger partial charge in [-0.15, -0.1) is 0 Å². The number of rotatable bonds is 3. The third kappa shape index (κ3) is 3.26. The highest BCUT2D eigenvalue weighted by Gasteiger charge is 2.16. The maximum atomic E-state index is 3.60. The van der Waals surface area contributed by atoms with E-state index in [0.29, 0.717) is 0 Å². The van der Waals surface area contributed by atoms with Gasteiger partial charge < -0.3 is 9.88 Å². The standard InChI is InChI=1S/C28H21BrN2/c29-21-11-14-25-26-15-13-24(18-28(26)30-27(25)17-21)31(22-8-2-1-3-9-22)23-12-10-19-6-4-5-7-20(19)16-23/h2,4-18,30H,1,3H2. The summed E-state index contributed by atoms with van der Waals surface area (Å²) in [5.41, 5.74) is 5.85. The molecule has 0 fully saturated rings. The molecule has 0 amide bonds. The first-order valence-corrected chi connectivity index (χ1v) is 11.4. The van der Waals surface area contributed by atoms with Gasteiger partial charge in [-0.3, -0.25) is 0 Å². The lowest BCUT2D eigenvalue weighted by Gasteiger charge is -2.28. The summed E-state index contributed by atoms with van der Waals surface area (Å²) in [6.45, 7) is 0. The first-order valence-electron chi connectivity index (χ1n) is 10.6. The summed E-state index contributed by atoms with van der Waals surface area (Å²) >= 11 is 3.59. The summed E-state index contributed by atoms with van der Waals surface area (Å²) in [5, 5.41) is 5.01. The lowest BCUT2D eigenvalue weighted by atomic mass is 10.1. The predicted molar refractivity (Wildman–Crippen MR) is 136 cm³/mol. The molecule has 6 rings (SSSR count). The van der Waals surface area contributed by atoms with Crippen molar-refractivity contribution in [2.45, 2.75) is 12.8 Å². The summed E-state index contributed by atoms with van der Waals surface area (Å²) in [5.74, 6) is 0. The van der Waals surface area contributed by atoms with Gasteiger partial charge in [-0.05, 0) is 66.1 Å². The molecule has 150 valence electrons. The van der Waals surface area contributed by atoms with Gasteiger partial charge in [-0.2, -0.15) is 0 Å². The Hall–Kier alpha value is -3.30. The van der Waals surface area contributed by atoms with Crippen molar-refractivity contribution in [3.8, 4) is 0 Å². The Labute approximate surface area is 189 Å². The molecule has 0 bridgehead atoms. The van der Waals surface area contributed by atoms with Crippen LogP contribution in [0.25, 0.3) is 32.6 Å². The zero-order valence-electron chi connectivity index (χ0n) is 17.0. The van der Waals surface area contributed by atoms with Crippen LogP contribution in [0.4, 0.5) is 11.4 Å². The van der Waals surface area contributed by atoms with E-state index < -0.39 is 0 Å². The number of nitrogens with one attached hydrogen (secondary N) is 1. The monoisotopic (exact) mass is 464 g/mol. The summed E-state index contributed by atoms with van der Waals surface area (Å²) in [6, 6.07) is 28.4. The van der Waals surface area contributed by atoms with Crippen LogP contribution in [0.2, 0.25) is 0 Å². The van der Waals surface area contributed by atoms with Crippen molar-refractivity contribution >= 4 is 59.9 Å². The van der Waals surface area contributed by atoms with Crippen LogP contribution in [0.3, 0.4) is 0 Å². The second-order valence-corrected chi connectivity index (χ2v) is 8.94. The van der Waals surface area contributed by atoms with E-state index in [9.17, 15) is 0 Å². The molecule has 31 heavy (non-hydrogen) atoms. The number of aromatic nitrogens is 1. The molecular weight excluding hydrogens is 444 g/mol. The second kappa shape index (κ2) is 7.44. The molecule has 1 aromatic heterocycles. The van der Waals surface area contributed by atoms with E-state index in [-0.39, 0.29) is 0 Å². The smallest absolute Gasteiger partial charge is 0.0485 e. The average Bonchev–Trinajstić information content (AvgIpc) is 3.16. The van der Waals surface area contributed by atoms with E-state index in [4.69, 9.17) is 0 Å². The predicted octanol–water partition coefficient (Wildman–Crippen LogP) is 8.61. The van der Waals surface area contributed by atoms with E-state index in [1.54, 1.807) is 0 Å². The molecule has 0 aliphatic heterocycles. The van der Waals surface area contributed by atoms with E-state index in [0.717, 1.165) is 34.0 Å². The molecule has 0 saturated carbocycles. The Morgan fingerprint density at radius 2 is 1.45 bits per heavy atom. The first-order chi connectivity index (χ1) is 15.3. The fourth-order valence-corrected chi connectivity index (χ4v) is 4.90. The number of nitrogens with zero attached hydrogens (tertiary/aromatic N) is 1. The van der Waals surface area contributed by atoms with E-state index >= 15 is 0 Å². The quantitative estimate of drug-likeness (QED) is 0.283. The van der Waals surface area contributed by atoms with Crippen LogP contribution >= 0.6 is 15.9 Å². The maximum absolute atomic E-state index is 3.60. The number of hydrogen-bond acceptors (Lipinski definition) is 1. The Balaban J connectivity index is 1.54. The fourth-order valence-electron chi connectivity index (χ4n) is 4.54. The lowest BCUT2D eigenvalue weighted by Crippen LogP contribution is -2.16. The number of hydrogen-bond donors (Lipinski definition) is 1. The molecule has 0 spiro atoms. The molecule has 4 aromatic carbocycles. The number of halogens is 1. The minimum Gasteiger partial charge on any atom is -0.354 e. The van der Waals surface area contributed by atoms with Gasteiger partial charge >= 0.3 is 0 Å². The van der Waals surface area contributed by atoms with Gasteiger partial charge in [0.1, 0.15) is 0 Å². The van der Waals surface area contributed by atoms with E-state index in [2.05, 4.69) is 123 Å². The van der Waals surface area contributed by atoms with Crippen molar-refractivity contribution in [1.29, 1.82) is 0 Å². The molecule has 0 unspecified atom stereocenters. The lowest BCUT2D eigenvalue weighted by molar-refractivity contribution is 0.998. The number of fused-ring (bicyclic) bond motifs is 4. The SMILES string of the molecule is Brc1ccc2c(c1)[nH]c1cc(N(C3=CCCC=C3)c3ccc4ccccc4c3)ccc12. The summed E-state index contributed by atoms with van der Waals surface area (Å²) in [7, 11) is 0. The summed E-state index contributed by atoms with van der Waals surface area (Å²) < 4.78 is 1.09. The average molecular weight is 465 g/mol. The first kappa shape index (κ1) is 18.5. The van der Waals surface area contributed by atoms with Gasteiger partial charge in [0.2, 0.25) is 0 Å². The minimum absolute atomic E-state index is 1.07. The number of anilines is 2. The Morgan fingerprint density at radius 3 is 2.29 bits per heavy atom. The van der Waals surface area contributed by atoms with Gasteiger partial charge in [-0.25, -0.2) is 0 Å². The Bertz CT molecular complexity index is 1510. The number of allylic oxidation sites excluding steroid dienone is 3. The highest BCUT2D eigenvalue weighted by atomic mass is 79.9. The van der Waals surface area contributed by atoms with Gasteiger partial charge in [0.05, 0.1) is 0 Å². The molecule has 0 radical (unpaired) electrons. The van der Waals surface area contributed by atoms with E-state index in [1.807, 2.05) is 0 Å². The van der Waals surface area contributed by atoms with Crippen molar-refractivity contribution in [1.82, 2.24) is 4.98 Å². The number of benzene rings is 4. The highest BCUT2D eigenvalue weighted by molar-refractivity contribution is 9.10. The van der Waals surface area contributed by atoms with Crippen molar-refractivity contribution in [3.05, 3.63) is 107 Å². The molecule has 0 atom stereocenters. The van der Waals surface area contributed by atoms with Crippen molar-refractivity contribution in [2.24, 2.45) is 0 Å². The third-order valence-corrected chi connectivity index (χ3v) is 6.52. The molecule has 1 N–H and O–H groups in total. The van der Waals surface area contributed by atoms with Gasteiger partial charge in [0.25, 0.3) is 0 Å². The zero-order valence-corrected chi connectivity index (χ0v) is 18.6. The molecule has 3 heteroatoms. The molecule has 5 aromatic rings. The molecule has 1 heterocycles. The van der Waals surface area contributed by atoms with Crippen LogP contribution in [0, 0.1) is 0 Å². The summed E-state index contributed by atoms with van der Waals surface area (Å²) in [4.78, 5) is 5.97. The molecular formula is C28H21BrN2. The second-order valence-electron chi connectivity index (χ2n) is 8.02. The Morgan fingerprint density at radius 1 is 0.710 bits per heavy atom. The van der Waals surface area contributed by atoms with Crippen molar-refractivity contribution in [3.63, 3.8) is 0 Å². The molecule has 2 nitrogen and oxygen atoms in total. The molecule has 0 saturated heterocycles. The zero-order chi connectivity index (χ0) is 20.8. The van der Waals surface area contributed by atoms with Crippen LogP contribution in [0.15, 0.2) is 107 Å². The largest absolute Gasteiger partial charge is 0.354 e. The number of H-pyrrole nitrogens is 1. The van der Waals surface area contributed by atoms with Gasteiger partial charge in [0, 0.05) is 43.4 Å². The van der Waals surface area contributed by atoms with Crippen LogP contribution in [-0.4, -0.2) is 4.98 Å². The van der Waals surface area contributed by atoms with Gasteiger partial charge in [-0.1, -0.05) is 70.5 Å². The maximum Gasteiger partial charge on any atom is 0.0485 e. The van der Waals surface area contributed by atoms with Crippen molar-refractivity contribution in [2.75, 3.05) is 4.90 Å². The van der Waals surface area contributed by atoms with Crippen LogP contribution in [0.5, 0.6) is 0 Å². The van der Waals surface area contributed by atoms with Crippen molar-refractivity contribution < 1.29 is 0 Å². The third-order valence-electron chi connectivity index (χ3n) is 6.03. The molecule has 1 aliphatic rings.